The average Bonchev–Trinajstić information content (AvgIpc) is 2.48. The summed E-state index contributed by atoms with van der Waals surface area (Å²) in [4.78, 5) is 35.6. The minimum absolute atomic E-state index is 0.0483. The molecule has 0 saturated heterocycles. The maximum atomic E-state index is 13.3. The first-order valence-corrected chi connectivity index (χ1v) is 6.93. The van der Waals surface area contributed by atoms with Crippen molar-refractivity contribution in [1.82, 2.24) is 20.6 Å². The molecule has 0 spiro atoms. The number of amides is 1. The van der Waals surface area contributed by atoms with Gasteiger partial charge in [-0.05, 0) is 6.07 Å². The van der Waals surface area contributed by atoms with Gasteiger partial charge in [-0.1, -0.05) is 30.0 Å². The molecule has 1 aromatic carbocycles. The molecule has 0 aliphatic carbocycles. The number of nitrogens with one attached hydrogen (secondary N) is 3. The van der Waals surface area contributed by atoms with E-state index in [1.165, 1.54) is 24.4 Å². The highest BCUT2D eigenvalue weighted by Gasteiger charge is 2.07. The van der Waals surface area contributed by atoms with Crippen molar-refractivity contribution in [3.63, 3.8) is 0 Å². The first-order chi connectivity index (χ1) is 10.6. The molecule has 0 radical (unpaired) electrons. The van der Waals surface area contributed by atoms with Crippen LogP contribution in [0.5, 0.6) is 0 Å². The Morgan fingerprint density at radius 1 is 1.41 bits per heavy atom. The number of hydrazone groups is 1. The van der Waals surface area contributed by atoms with E-state index >= 15 is 0 Å². The van der Waals surface area contributed by atoms with Gasteiger partial charge in [0.15, 0.2) is 5.03 Å². The standard InChI is InChI=1S/C12H10FN5O3S/c13-8-4-2-1-3-7(8)5-14-16-9(19)6-22-11-10(20)15-12(21)18-17-11/h1-5H,6H2,(H,16,19)(H2,15,18,20,21)/b14-5+. The van der Waals surface area contributed by atoms with Crippen LogP contribution in [-0.4, -0.2) is 33.1 Å². The van der Waals surface area contributed by atoms with Gasteiger partial charge in [0.25, 0.3) is 5.56 Å². The smallest absolute Gasteiger partial charge is 0.272 e. The Morgan fingerprint density at radius 2 is 2.18 bits per heavy atom. The van der Waals surface area contributed by atoms with E-state index in [-0.39, 0.29) is 16.3 Å². The second kappa shape index (κ2) is 7.31. The summed E-state index contributed by atoms with van der Waals surface area (Å²) in [7, 11) is 0. The van der Waals surface area contributed by atoms with Crippen LogP contribution in [0.15, 0.2) is 44.0 Å². The van der Waals surface area contributed by atoms with Crippen molar-refractivity contribution in [3.8, 4) is 0 Å². The largest absolute Gasteiger partial charge is 0.342 e. The summed E-state index contributed by atoms with van der Waals surface area (Å²) in [5.41, 5.74) is 1.01. The summed E-state index contributed by atoms with van der Waals surface area (Å²) in [6.45, 7) is 0. The Labute approximate surface area is 126 Å². The van der Waals surface area contributed by atoms with E-state index in [0.29, 0.717) is 0 Å². The van der Waals surface area contributed by atoms with Crippen LogP contribution in [0.2, 0.25) is 0 Å². The number of hydrogen-bond donors (Lipinski definition) is 3. The molecule has 2 rings (SSSR count). The van der Waals surface area contributed by atoms with Gasteiger partial charge in [0.2, 0.25) is 5.91 Å². The normalized spacial score (nSPS) is 10.8. The molecule has 0 unspecified atom stereocenters. The highest BCUT2D eigenvalue weighted by Crippen LogP contribution is 2.07. The average molecular weight is 323 g/mol. The van der Waals surface area contributed by atoms with Crippen molar-refractivity contribution in [3.05, 3.63) is 56.5 Å². The maximum absolute atomic E-state index is 13.3. The number of thioether (sulfide) groups is 1. The lowest BCUT2D eigenvalue weighted by atomic mass is 10.2. The van der Waals surface area contributed by atoms with Gasteiger partial charge in [-0.25, -0.2) is 19.7 Å². The van der Waals surface area contributed by atoms with Gasteiger partial charge in [-0.15, -0.1) is 0 Å². The first-order valence-electron chi connectivity index (χ1n) is 5.94. The van der Waals surface area contributed by atoms with Crippen molar-refractivity contribution in [2.45, 2.75) is 5.03 Å². The van der Waals surface area contributed by atoms with Crippen LogP contribution in [0.1, 0.15) is 5.56 Å². The van der Waals surface area contributed by atoms with E-state index in [4.69, 9.17) is 0 Å². The Morgan fingerprint density at radius 3 is 2.91 bits per heavy atom. The van der Waals surface area contributed by atoms with E-state index < -0.39 is 23.0 Å². The lowest BCUT2D eigenvalue weighted by Crippen LogP contribution is -2.26. The highest BCUT2D eigenvalue weighted by atomic mass is 32.2. The van der Waals surface area contributed by atoms with Crippen molar-refractivity contribution < 1.29 is 9.18 Å². The zero-order chi connectivity index (χ0) is 15.9. The van der Waals surface area contributed by atoms with Gasteiger partial charge in [0.05, 0.1) is 12.0 Å². The fourth-order valence-electron chi connectivity index (χ4n) is 1.35. The molecule has 114 valence electrons. The maximum Gasteiger partial charge on any atom is 0.342 e. The third-order valence-electron chi connectivity index (χ3n) is 2.32. The molecule has 22 heavy (non-hydrogen) atoms. The van der Waals surface area contributed by atoms with Gasteiger partial charge >= 0.3 is 5.69 Å². The van der Waals surface area contributed by atoms with E-state index in [1.807, 2.05) is 4.98 Å². The number of aromatic amines is 2. The Balaban J connectivity index is 1.87. The summed E-state index contributed by atoms with van der Waals surface area (Å²) >= 11 is 0.828. The predicted octanol–water partition coefficient (Wildman–Crippen LogP) is -0.160. The third kappa shape index (κ3) is 4.38. The van der Waals surface area contributed by atoms with E-state index in [2.05, 4.69) is 20.7 Å². The van der Waals surface area contributed by atoms with Gasteiger partial charge in [0.1, 0.15) is 5.82 Å². The van der Waals surface area contributed by atoms with Gasteiger partial charge in [-0.3, -0.25) is 14.6 Å². The molecule has 0 saturated carbocycles. The number of carbonyl (C=O) groups excluding carboxylic acids is 1. The summed E-state index contributed by atoms with van der Waals surface area (Å²) in [5, 5.41) is 9.11. The quantitative estimate of drug-likeness (QED) is 0.401. The SMILES string of the molecule is O=C(CSc1n[nH]c(=O)[nH]c1=O)N/N=C/c1ccccc1F. The molecule has 1 heterocycles. The van der Waals surface area contributed by atoms with Crippen molar-refractivity contribution >= 4 is 23.9 Å². The van der Waals surface area contributed by atoms with Gasteiger partial charge < -0.3 is 0 Å². The van der Waals surface area contributed by atoms with Crippen LogP contribution in [0, 0.1) is 5.82 Å². The molecular formula is C12H10FN5O3S. The molecule has 0 aliphatic heterocycles. The fourth-order valence-corrected chi connectivity index (χ4v) is 1.98. The number of nitrogens with zero attached hydrogens (tertiary/aromatic N) is 2. The molecule has 10 heteroatoms. The molecule has 3 N–H and O–H groups in total. The first kappa shape index (κ1) is 15.6. The molecule has 0 aliphatic rings. The summed E-state index contributed by atoms with van der Waals surface area (Å²) in [6, 6.07) is 5.95. The molecule has 0 bridgehead atoms. The number of benzene rings is 1. The van der Waals surface area contributed by atoms with E-state index in [0.717, 1.165) is 11.8 Å². The topological polar surface area (TPSA) is 120 Å². The lowest BCUT2D eigenvalue weighted by Gasteiger charge is -1.99. The highest BCUT2D eigenvalue weighted by molar-refractivity contribution is 7.99. The zero-order valence-electron chi connectivity index (χ0n) is 11.0. The molecule has 8 nitrogen and oxygen atoms in total. The van der Waals surface area contributed by atoms with Crippen molar-refractivity contribution in [2.75, 3.05) is 5.75 Å². The molecule has 0 fully saturated rings. The van der Waals surface area contributed by atoms with Crippen LogP contribution in [0.3, 0.4) is 0 Å². The summed E-state index contributed by atoms with van der Waals surface area (Å²) < 4.78 is 13.3. The number of aromatic nitrogens is 3. The minimum Gasteiger partial charge on any atom is -0.272 e. The predicted molar refractivity (Wildman–Crippen MR) is 78.3 cm³/mol. The molecule has 1 amide bonds. The molecule has 0 atom stereocenters. The van der Waals surface area contributed by atoms with Gasteiger partial charge in [0, 0.05) is 5.56 Å². The molecule has 2 aromatic rings. The molecular weight excluding hydrogens is 313 g/mol. The lowest BCUT2D eigenvalue weighted by molar-refractivity contribution is -0.118. The Hall–Kier alpha value is -2.75. The monoisotopic (exact) mass is 323 g/mol. The number of rotatable bonds is 5. The Kier molecular flexibility index (Phi) is 5.20. The summed E-state index contributed by atoms with van der Waals surface area (Å²) in [5.74, 6) is -1.11. The van der Waals surface area contributed by atoms with Crippen LogP contribution >= 0.6 is 11.8 Å². The van der Waals surface area contributed by atoms with Crippen molar-refractivity contribution in [1.29, 1.82) is 0 Å². The van der Waals surface area contributed by atoms with Crippen LogP contribution in [-0.2, 0) is 4.79 Å². The van der Waals surface area contributed by atoms with Crippen LogP contribution < -0.4 is 16.7 Å². The number of carbonyl (C=O) groups is 1. The second-order valence-electron chi connectivity index (χ2n) is 3.92. The molecule has 1 aromatic heterocycles. The van der Waals surface area contributed by atoms with Crippen molar-refractivity contribution in [2.24, 2.45) is 5.10 Å². The minimum atomic E-state index is -0.728. The number of H-pyrrole nitrogens is 2. The van der Waals surface area contributed by atoms with E-state index in [9.17, 15) is 18.8 Å². The van der Waals surface area contributed by atoms with Crippen LogP contribution in [0.25, 0.3) is 0 Å². The zero-order valence-corrected chi connectivity index (χ0v) is 11.8. The second-order valence-corrected chi connectivity index (χ2v) is 4.88. The third-order valence-corrected chi connectivity index (χ3v) is 3.28. The van der Waals surface area contributed by atoms with Gasteiger partial charge in [-0.2, -0.15) is 10.2 Å². The summed E-state index contributed by atoms with van der Waals surface area (Å²) in [6.07, 6.45) is 1.17. The van der Waals surface area contributed by atoms with Crippen LogP contribution in [0.4, 0.5) is 4.39 Å². The fraction of sp³-hybridized carbons (Fsp3) is 0.0833. The number of hydrogen-bond acceptors (Lipinski definition) is 6. The number of halogens is 1. The van der Waals surface area contributed by atoms with E-state index in [1.54, 1.807) is 6.07 Å². The Bertz CT molecular complexity index is 817.